The van der Waals surface area contributed by atoms with E-state index >= 15 is 0 Å². The predicted octanol–water partition coefficient (Wildman–Crippen LogP) is 0.605. The molecule has 0 aromatic rings. The Hall–Kier alpha value is -2.07. The zero-order valence-electron chi connectivity index (χ0n) is 14.9. The standard InChI is InChI=1S/C15H26N4O6/c1-9(16-13(21)25-15(2,3)4)8-24-17-12(20)11-6-5-10-7-18(11)14(22)19(10)23/h9-11,23H,5-8H2,1-4H3,(H,16,21)(H,17,20)/t9-,10-,11?/m1/s1. The Balaban J connectivity index is 1.72. The van der Waals surface area contributed by atoms with Gasteiger partial charge in [0.2, 0.25) is 0 Å². The fourth-order valence-corrected chi connectivity index (χ4v) is 2.78. The summed E-state index contributed by atoms with van der Waals surface area (Å²) in [5.41, 5.74) is 1.70. The first-order valence-electron chi connectivity index (χ1n) is 8.28. The summed E-state index contributed by atoms with van der Waals surface area (Å²) < 4.78 is 5.12. The maximum absolute atomic E-state index is 12.2. The second-order valence-corrected chi connectivity index (χ2v) is 7.35. The third-order valence-electron chi connectivity index (χ3n) is 3.92. The Kier molecular flexibility index (Phi) is 5.73. The van der Waals surface area contributed by atoms with Gasteiger partial charge in [0.1, 0.15) is 11.6 Å². The summed E-state index contributed by atoms with van der Waals surface area (Å²) in [5, 5.41) is 12.9. The zero-order chi connectivity index (χ0) is 18.8. The summed E-state index contributed by atoms with van der Waals surface area (Å²) in [6.45, 7) is 7.35. The quantitative estimate of drug-likeness (QED) is 0.489. The van der Waals surface area contributed by atoms with Gasteiger partial charge in [-0.2, -0.15) is 0 Å². The third kappa shape index (κ3) is 4.95. The average Bonchev–Trinajstić information content (AvgIpc) is 2.70. The Morgan fingerprint density at radius 2 is 2.04 bits per heavy atom. The Morgan fingerprint density at radius 3 is 2.68 bits per heavy atom. The lowest BCUT2D eigenvalue weighted by Crippen LogP contribution is -2.50. The number of alkyl carbamates (subject to hydrolysis) is 1. The molecular formula is C15H26N4O6. The van der Waals surface area contributed by atoms with E-state index in [0.29, 0.717) is 24.4 Å². The van der Waals surface area contributed by atoms with Crippen LogP contribution in [0, 0.1) is 0 Å². The van der Waals surface area contributed by atoms with E-state index in [1.807, 2.05) is 0 Å². The number of carbonyl (C=O) groups excluding carboxylic acids is 3. The van der Waals surface area contributed by atoms with Crippen molar-refractivity contribution in [3.05, 3.63) is 0 Å². The van der Waals surface area contributed by atoms with Crippen molar-refractivity contribution < 1.29 is 29.2 Å². The molecule has 0 aromatic heterocycles. The number of ether oxygens (including phenoxy) is 1. The van der Waals surface area contributed by atoms with Gasteiger partial charge in [-0.05, 0) is 40.5 Å². The van der Waals surface area contributed by atoms with Crippen LogP contribution >= 0.6 is 0 Å². The molecule has 0 spiro atoms. The number of urea groups is 1. The molecule has 2 bridgehead atoms. The number of hydrogen-bond donors (Lipinski definition) is 3. The molecule has 142 valence electrons. The van der Waals surface area contributed by atoms with Gasteiger partial charge in [-0.25, -0.2) is 20.1 Å². The average molecular weight is 358 g/mol. The van der Waals surface area contributed by atoms with Crippen LogP contribution in [0.15, 0.2) is 0 Å². The van der Waals surface area contributed by atoms with Crippen molar-refractivity contribution in [1.29, 1.82) is 0 Å². The normalized spacial score (nSPS) is 24.1. The van der Waals surface area contributed by atoms with Crippen molar-refractivity contribution in [2.24, 2.45) is 0 Å². The molecule has 4 amide bonds. The molecule has 0 radical (unpaired) electrons. The van der Waals surface area contributed by atoms with Crippen molar-refractivity contribution >= 4 is 18.0 Å². The lowest BCUT2D eigenvalue weighted by molar-refractivity contribution is -0.139. The van der Waals surface area contributed by atoms with Crippen LogP contribution < -0.4 is 10.8 Å². The summed E-state index contributed by atoms with van der Waals surface area (Å²) in [5.74, 6) is -0.452. The molecule has 1 unspecified atom stereocenters. The Labute approximate surface area is 146 Å². The highest BCUT2D eigenvalue weighted by molar-refractivity contribution is 5.87. The number of nitrogens with zero attached hydrogens (tertiary/aromatic N) is 2. The largest absolute Gasteiger partial charge is 0.444 e. The topological polar surface area (TPSA) is 120 Å². The first kappa shape index (κ1) is 19.3. The van der Waals surface area contributed by atoms with Crippen LogP contribution in [0.4, 0.5) is 9.59 Å². The predicted molar refractivity (Wildman–Crippen MR) is 85.5 cm³/mol. The fraction of sp³-hybridized carbons (Fsp3) is 0.800. The summed E-state index contributed by atoms with van der Waals surface area (Å²) in [7, 11) is 0. The smallest absolute Gasteiger partial charge is 0.407 e. The second-order valence-electron chi connectivity index (χ2n) is 7.35. The maximum Gasteiger partial charge on any atom is 0.407 e. The van der Waals surface area contributed by atoms with Crippen LogP contribution in [-0.2, 0) is 14.4 Å². The van der Waals surface area contributed by atoms with Gasteiger partial charge < -0.3 is 15.0 Å². The number of hydrogen-bond acceptors (Lipinski definition) is 6. The molecule has 0 aromatic carbocycles. The molecule has 3 atom stereocenters. The first-order valence-corrected chi connectivity index (χ1v) is 8.28. The van der Waals surface area contributed by atoms with Crippen LogP contribution in [0.2, 0.25) is 0 Å². The molecular weight excluding hydrogens is 332 g/mol. The number of nitrogens with one attached hydrogen (secondary N) is 2. The van der Waals surface area contributed by atoms with E-state index in [-0.39, 0.29) is 18.7 Å². The van der Waals surface area contributed by atoms with Gasteiger partial charge in [-0.15, -0.1) is 0 Å². The van der Waals surface area contributed by atoms with Gasteiger partial charge in [0.15, 0.2) is 0 Å². The summed E-state index contributed by atoms with van der Waals surface area (Å²) >= 11 is 0. The van der Waals surface area contributed by atoms with E-state index in [1.54, 1.807) is 27.7 Å². The van der Waals surface area contributed by atoms with E-state index < -0.39 is 29.7 Å². The van der Waals surface area contributed by atoms with Gasteiger partial charge in [0.05, 0.1) is 18.7 Å². The minimum Gasteiger partial charge on any atom is -0.444 e. The van der Waals surface area contributed by atoms with Crippen molar-refractivity contribution in [2.75, 3.05) is 13.2 Å². The van der Waals surface area contributed by atoms with Gasteiger partial charge in [0, 0.05) is 6.54 Å². The lowest BCUT2D eigenvalue weighted by Gasteiger charge is -2.29. The highest BCUT2D eigenvalue weighted by Crippen LogP contribution is 2.28. The molecule has 3 N–H and O–H groups in total. The monoisotopic (exact) mass is 358 g/mol. The molecule has 2 rings (SSSR count). The summed E-state index contributed by atoms with van der Waals surface area (Å²) in [4.78, 5) is 42.1. The van der Waals surface area contributed by atoms with Gasteiger partial charge in [-0.3, -0.25) is 14.8 Å². The summed E-state index contributed by atoms with van der Waals surface area (Å²) in [6.07, 6.45) is 0.431. The van der Waals surface area contributed by atoms with Crippen molar-refractivity contribution in [3.8, 4) is 0 Å². The van der Waals surface area contributed by atoms with Gasteiger partial charge >= 0.3 is 12.1 Å². The molecule has 10 heteroatoms. The molecule has 10 nitrogen and oxygen atoms in total. The molecule has 0 aliphatic carbocycles. The van der Waals surface area contributed by atoms with E-state index in [4.69, 9.17) is 9.57 Å². The molecule has 2 heterocycles. The minimum absolute atomic E-state index is 0.0421. The number of piperidine rings is 1. The number of amides is 4. The van der Waals surface area contributed by atoms with Gasteiger partial charge in [-0.1, -0.05) is 0 Å². The number of carbonyl (C=O) groups is 3. The molecule has 25 heavy (non-hydrogen) atoms. The lowest BCUT2D eigenvalue weighted by atomic mass is 10.0. The number of hydroxylamine groups is 3. The van der Waals surface area contributed by atoms with Crippen molar-refractivity contribution in [3.63, 3.8) is 0 Å². The van der Waals surface area contributed by atoms with Crippen LogP contribution in [0.3, 0.4) is 0 Å². The first-order chi connectivity index (χ1) is 11.6. The third-order valence-corrected chi connectivity index (χ3v) is 3.92. The van der Waals surface area contributed by atoms with Crippen molar-refractivity contribution in [2.45, 2.75) is 64.3 Å². The molecule has 2 aliphatic rings. The van der Waals surface area contributed by atoms with E-state index in [2.05, 4.69) is 10.8 Å². The Bertz CT molecular complexity index is 535. The summed E-state index contributed by atoms with van der Waals surface area (Å²) in [6, 6.07) is -1.87. The van der Waals surface area contributed by atoms with Crippen LogP contribution in [0.25, 0.3) is 0 Å². The highest BCUT2D eigenvalue weighted by atomic mass is 16.7. The van der Waals surface area contributed by atoms with E-state index in [0.717, 1.165) is 0 Å². The molecule has 0 saturated carbocycles. The highest BCUT2D eigenvalue weighted by Gasteiger charge is 2.46. The second kappa shape index (κ2) is 7.44. The maximum atomic E-state index is 12.2. The fourth-order valence-electron chi connectivity index (χ4n) is 2.78. The molecule has 2 aliphatic heterocycles. The van der Waals surface area contributed by atoms with Crippen LogP contribution in [0.1, 0.15) is 40.5 Å². The van der Waals surface area contributed by atoms with Crippen molar-refractivity contribution in [1.82, 2.24) is 20.8 Å². The van der Waals surface area contributed by atoms with E-state index in [9.17, 15) is 19.6 Å². The SMILES string of the molecule is C[C@H](CONC(=O)C1CC[C@@H]2CN1C(=O)N2O)NC(=O)OC(C)(C)C. The molecule has 2 saturated heterocycles. The Morgan fingerprint density at radius 1 is 1.36 bits per heavy atom. The van der Waals surface area contributed by atoms with Crippen LogP contribution in [0.5, 0.6) is 0 Å². The van der Waals surface area contributed by atoms with Gasteiger partial charge in [0.25, 0.3) is 5.91 Å². The number of fused-ring (bicyclic) bond motifs is 2. The van der Waals surface area contributed by atoms with Crippen LogP contribution in [-0.4, -0.2) is 70.1 Å². The molecule has 2 fully saturated rings. The minimum atomic E-state index is -0.671. The van der Waals surface area contributed by atoms with E-state index in [1.165, 1.54) is 4.90 Å². The zero-order valence-corrected chi connectivity index (χ0v) is 14.9. The number of rotatable bonds is 5.